The monoisotopic (exact) mass is 362 g/mol. The number of ether oxygens (including phenoxy) is 1. The molecule has 0 saturated carbocycles. The third-order valence-electron chi connectivity index (χ3n) is 3.63. The van der Waals surface area contributed by atoms with Crippen molar-refractivity contribution in [3.63, 3.8) is 0 Å². The predicted molar refractivity (Wildman–Crippen MR) is 99.1 cm³/mol. The summed E-state index contributed by atoms with van der Waals surface area (Å²) in [5.41, 5.74) is 0.221. The van der Waals surface area contributed by atoms with E-state index in [0.29, 0.717) is 5.75 Å². The number of benzene rings is 2. The van der Waals surface area contributed by atoms with Crippen molar-refractivity contribution in [1.29, 1.82) is 0 Å². The molecule has 0 unspecified atom stereocenters. The largest absolute Gasteiger partial charge is 0.508 e. The van der Waals surface area contributed by atoms with Crippen LogP contribution in [0.2, 0.25) is 0 Å². The first-order valence-corrected chi connectivity index (χ1v) is 9.66. The molecular weight excluding hydrogens is 336 g/mol. The van der Waals surface area contributed by atoms with Gasteiger partial charge >= 0.3 is 0 Å². The van der Waals surface area contributed by atoms with E-state index in [9.17, 15) is 13.5 Å². The minimum absolute atomic E-state index is 0.0270. The molecule has 2 aromatic carbocycles. The van der Waals surface area contributed by atoms with Crippen LogP contribution in [-0.2, 0) is 15.3 Å². The Balaban J connectivity index is 2.63. The van der Waals surface area contributed by atoms with E-state index in [4.69, 9.17) is 4.74 Å². The Labute approximate surface area is 150 Å². The predicted octanol–water partition coefficient (Wildman–Crippen LogP) is 4.70. The van der Waals surface area contributed by atoms with Crippen LogP contribution in [0.3, 0.4) is 0 Å². The first-order valence-electron chi connectivity index (χ1n) is 8.18. The van der Waals surface area contributed by atoms with Gasteiger partial charge in [0.05, 0.1) is 9.79 Å². The molecule has 0 aliphatic heterocycles. The second-order valence-electron chi connectivity index (χ2n) is 8.15. The molecule has 0 saturated heterocycles. The van der Waals surface area contributed by atoms with Gasteiger partial charge in [-0.05, 0) is 74.2 Å². The Bertz CT molecular complexity index is 852. The molecule has 0 aromatic heterocycles. The summed E-state index contributed by atoms with van der Waals surface area (Å²) in [7, 11) is -3.71. The van der Waals surface area contributed by atoms with E-state index in [-0.39, 0.29) is 21.0 Å². The summed E-state index contributed by atoms with van der Waals surface area (Å²) in [5, 5.41) is 9.40. The van der Waals surface area contributed by atoms with Crippen molar-refractivity contribution in [2.24, 2.45) is 0 Å². The van der Waals surface area contributed by atoms with Gasteiger partial charge in [0.15, 0.2) is 0 Å². The molecule has 0 aliphatic carbocycles. The van der Waals surface area contributed by atoms with Crippen LogP contribution in [0, 0.1) is 0 Å². The molecule has 0 fully saturated rings. The quantitative estimate of drug-likeness (QED) is 0.859. The zero-order valence-corrected chi connectivity index (χ0v) is 16.4. The van der Waals surface area contributed by atoms with Gasteiger partial charge in [0.25, 0.3) is 0 Å². The van der Waals surface area contributed by atoms with Crippen molar-refractivity contribution in [2.75, 3.05) is 0 Å². The van der Waals surface area contributed by atoms with Crippen molar-refractivity contribution in [3.05, 3.63) is 48.0 Å². The van der Waals surface area contributed by atoms with Crippen molar-refractivity contribution in [1.82, 2.24) is 0 Å². The zero-order chi connectivity index (χ0) is 19.0. The number of hydrogen-bond acceptors (Lipinski definition) is 4. The smallest absolute Gasteiger partial charge is 0.206 e. The summed E-state index contributed by atoms with van der Waals surface area (Å²) in [6.45, 7) is 11.8. The van der Waals surface area contributed by atoms with Gasteiger partial charge in [0.2, 0.25) is 9.84 Å². The number of phenols is 1. The maximum absolute atomic E-state index is 13.0. The Morgan fingerprint density at radius 1 is 0.840 bits per heavy atom. The van der Waals surface area contributed by atoms with Crippen molar-refractivity contribution < 1.29 is 18.3 Å². The van der Waals surface area contributed by atoms with Crippen LogP contribution in [0.25, 0.3) is 0 Å². The van der Waals surface area contributed by atoms with Gasteiger partial charge in [-0.3, -0.25) is 0 Å². The Morgan fingerprint density at radius 2 is 1.40 bits per heavy atom. The van der Waals surface area contributed by atoms with E-state index >= 15 is 0 Å². The van der Waals surface area contributed by atoms with Crippen LogP contribution in [0.4, 0.5) is 0 Å². The van der Waals surface area contributed by atoms with Crippen LogP contribution in [0.1, 0.15) is 47.1 Å². The van der Waals surface area contributed by atoms with Crippen LogP contribution in [-0.4, -0.2) is 19.1 Å². The standard InChI is InChI=1S/C20H26O4S/c1-19(2,3)14-11-16(24-20(4,5)6)13-18(12-14)25(22,23)17-9-7-15(21)8-10-17/h7-13,21H,1-6H3. The summed E-state index contributed by atoms with van der Waals surface area (Å²) in [6.07, 6.45) is 0. The van der Waals surface area contributed by atoms with E-state index < -0.39 is 15.4 Å². The van der Waals surface area contributed by atoms with E-state index in [2.05, 4.69) is 0 Å². The molecule has 5 heteroatoms. The topological polar surface area (TPSA) is 63.6 Å². The number of rotatable bonds is 3. The van der Waals surface area contributed by atoms with Gasteiger partial charge in [-0.2, -0.15) is 0 Å². The van der Waals surface area contributed by atoms with Gasteiger partial charge in [-0.25, -0.2) is 8.42 Å². The lowest BCUT2D eigenvalue weighted by Crippen LogP contribution is -2.23. The molecule has 2 aromatic rings. The minimum Gasteiger partial charge on any atom is -0.508 e. The molecule has 136 valence electrons. The lowest BCUT2D eigenvalue weighted by atomic mass is 9.87. The van der Waals surface area contributed by atoms with Crippen molar-refractivity contribution >= 4 is 9.84 Å². The van der Waals surface area contributed by atoms with E-state index in [1.54, 1.807) is 12.1 Å². The molecule has 0 heterocycles. The van der Waals surface area contributed by atoms with Crippen LogP contribution < -0.4 is 4.74 Å². The van der Waals surface area contributed by atoms with Gasteiger partial charge in [-0.15, -0.1) is 0 Å². The third kappa shape index (κ3) is 4.75. The van der Waals surface area contributed by atoms with E-state index in [1.165, 1.54) is 24.3 Å². The molecule has 0 aliphatic rings. The van der Waals surface area contributed by atoms with Crippen LogP contribution in [0.15, 0.2) is 52.3 Å². The number of sulfone groups is 1. The molecular formula is C20H26O4S. The number of aromatic hydroxyl groups is 1. The fourth-order valence-corrected chi connectivity index (χ4v) is 3.65. The van der Waals surface area contributed by atoms with Crippen molar-refractivity contribution in [2.45, 2.75) is 62.3 Å². The lowest BCUT2D eigenvalue weighted by Gasteiger charge is -2.25. The molecule has 4 nitrogen and oxygen atoms in total. The fourth-order valence-electron chi connectivity index (χ4n) is 2.33. The Kier molecular flexibility index (Phi) is 4.92. The highest BCUT2D eigenvalue weighted by atomic mass is 32.2. The maximum Gasteiger partial charge on any atom is 0.206 e. The van der Waals surface area contributed by atoms with E-state index in [0.717, 1.165) is 5.56 Å². The fraction of sp³-hybridized carbons (Fsp3) is 0.400. The molecule has 0 spiro atoms. The summed E-state index contributed by atoms with van der Waals surface area (Å²) >= 11 is 0. The first kappa shape index (κ1) is 19.3. The summed E-state index contributed by atoms with van der Waals surface area (Å²) in [6, 6.07) is 10.7. The Hall–Kier alpha value is -2.01. The lowest BCUT2D eigenvalue weighted by molar-refractivity contribution is 0.130. The van der Waals surface area contributed by atoms with Crippen LogP contribution in [0.5, 0.6) is 11.5 Å². The minimum atomic E-state index is -3.71. The molecule has 0 radical (unpaired) electrons. The molecule has 0 bridgehead atoms. The molecule has 2 rings (SSSR count). The number of hydrogen-bond donors (Lipinski definition) is 1. The number of phenolic OH excluding ortho intramolecular Hbond substituents is 1. The molecule has 1 N–H and O–H groups in total. The van der Waals surface area contributed by atoms with Crippen LogP contribution >= 0.6 is 0 Å². The average Bonchev–Trinajstić information content (AvgIpc) is 2.44. The highest BCUT2D eigenvalue weighted by molar-refractivity contribution is 7.91. The SMILES string of the molecule is CC(C)(C)Oc1cc(C(C)(C)C)cc(S(=O)(=O)c2ccc(O)cc2)c1. The first-order chi connectivity index (χ1) is 11.3. The maximum atomic E-state index is 13.0. The molecule has 0 amide bonds. The van der Waals surface area contributed by atoms with E-state index in [1.807, 2.05) is 47.6 Å². The second-order valence-corrected chi connectivity index (χ2v) is 10.1. The summed E-state index contributed by atoms with van der Waals surface area (Å²) in [4.78, 5) is 0.322. The second kappa shape index (κ2) is 6.37. The van der Waals surface area contributed by atoms with Crippen molar-refractivity contribution in [3.8, 4) is 11.5 Å². The summed E-state index contributed by atoms with van der Waals surface area (Å²) < 4.78 is 31.9. The highest BCUT2D eigenvalue weighted by Crippen LogP contribution is 2.33. The highest BCUT2D eigenvalue weighted by Gasteiger charge is 2.24. The zero-order valence-electron chi connectivity index (χ0n) is 15.6. The normalized spacial score (nSPS) is 12.9. The Morgan fingerprint density at radius 3 is 1.88 bits per heavy atom. The van der Waals surface area contributed by atoms with Gasteiger partial charge < -0.3 is 9.84 Å². The van der Waals surface area contributed by atoms with Gasteiger partial charge in [0.1, 0.15) is 17.1 Å². The summed E-state index contributed by atoms with van der Waals surface area (Å²) in [5.74, 6) is 0.552. The van der Waals surface area contributed by atoms with Gasteiger partial charge in [-0.1, -0.05) is 20.8 Å². The van der Waals surface area contributed by atoms with Gasteiger partial charge in [0, 0.05) is 0 Å². The molecule has 25 heavy (non-hydrogen) atoms. The molecule has 0 atom stereocenters. The third-order valence-corrected chi connectivity index (χ3v) is 5.38. The average molecular weight is 362 g/mol.